The quantitative estimate of drug-likeness (QED) is 0.172. The molecule has 0 N–H and O–H groups in total. The molecule has 8 aromatic carbocycles. The van der Waals surface area contributed by atoms with Crippen LogP contribution in [0.2, 0.25) is 0 Å². The van der Waals surface area contributed by atoms with Gasteiger partial charge in [0.1, 0.15) is 5.84 Å². The van der Waals surface area contributed by atoms with Gasteiger partial charge >= 0.3 is 0 Å². The van der Waals surface area contributed by atoms with E-state index in [0.717, 1.165) is 30.1 Å². The van der Waals surface area contributed by atoms with Crippen LogP contribution < -0.4 is 0 Å². The minimum absolute atomic E-state index is 0.00938. The summed E-state index contributed by atoms with van der Waals surface area (Å²) in [7, 11) is 0. The first kappa shape index (κ1) is 31.1. The molecule has 258 valence electrons. The highest BCUT2D eigenvalue weighted by Crippen LogP contribution is 2.49. The predicted molar refractivity (Wildman–Crippen MR) is 229 cm³/mol. The van der Waals surface area contributed by atoms with Gasteiger partial charge in [0, 0.05) is 39.6 Å². The van der Waals surface area contributed by atoms with Crippen molar-refractivity contribution in [3.63, 3.8) is 0 Å². The van der Waals surface area contributed by atoms with Crippen LogP contribution in [0.3, 0.4) is 0 Å². The van der Waals surface area contributed by atoms with Gasteiger partial charge in [-0.25, -0.2) is 4.99 Å². The van der Waals surface area contributed by atoms with E-state index in [1.807, 2.05) is 0 Å². The van der Waals surface area contributed by atoms with Gasteiger partial charge in [-0.3, -0.25) is 4.57 Å². The minimum Gasteiger partial charge on any atom is -0.309 e. The average Bonchev–Trinajstić information content (AvgIpc) is 3.73. The SMILES string of the molecule is CC1(C)CCC(n2c3ccccc3c3cc(-n4c5ccc6ccccc6c5c5c6ccccc6ccc54)ccc32)=Nc2ccccc2C1c1ccccc1. The zero-order valence-corrected chi connectivity index (χ0v) is 30.5. The number of para-hydroxylation sites is 2. The molecule has 0 aliphatic carbocycles. The maximum atomic E-state index is 5.57. The fourth-order valence-corrected chi connectivity index (χ4v) is 9.67. The molecule has 0 spiro atoms. The van der Waals surface area contributed by atoms with Crippen molar-refractivity contribution in [1.29, 1.82) is 0 Å². The van der Waals surface area contributed by atoms with Crippen LogP contribution in [0.25, 0.3) is 70.8 Å². The molecule has 11 rings (SSSR count). The summed E-state index contributed by atoms with van der Waals surface area (Å²) in [5.41, 5.74) is 9.69. The van der Waals surface area contributed by atoms with Crippen LogP contribution in [0.5, 0.6) is 0 Å². The molecule has 1 atom stereocenters. The molecule has 2 aromatic heterocycles. The lowest BCUT2D eigenvalue weighted by atomic mass is 9.68. The predicted octanol–water partition coefficient (Wildman–Crippen LogP) is 13.7. The van der Waals surface area contributed by atoms with Crippen molar-refractivity contribution in [2.45, 2.75) is 32.6 Å². The number of nitrogens with zero attached hydrogens (tertiary/aromatic N) is 3. The molecule has 0 saturated carbocycles. The van der Waals surface area contributed by atoms with Crippen LogP contribution in [0.15, 0.2) is 175 Å². The van der Waals surface area contributed by atoms with Gasteiger partial charge in [0.15, 0.2) is 0 Å². The van der Waals surface area contributed by atoms with E-state index in [9.17, 15) is 0 Å². The van der Waals surface area contributed by atoms with E-state index in [4.69, 9.17) is 4.99 Å². The molecule has 10 aromatic rings. The van der Waals surface area contributed by atoms with E-state index in [1.165, 1.54) is 76.3 Å². The average molecular weight is 694 g/mol. The van der Waals surface area contributed by atoms with Gasteiger partial charge in [-0.2, -0.15) is 0 Å². The Morgan fingerprint density at radius 3 is 1.80 bits per heavy atom. The monoisotopic (exact) mass is 693 g/mol. The number of hydrogen-bond acceptors (Lipinski definition) is 1. The van der Waals surface area contributed by atoms with Crippen molar-refractivity contribution in [1.82, 2.24) is 9.13 Å². The molecule has 0 fully saturated rings. The Morgan fingerprint density at radius 1 is 0.500 bits per heavy atom. The van der Waals surface area contributed by atoms with Crippen LogP contribution in [-0.2, 0) is 0 Å². The first-order valence-electron chi connectivity index (χ1n) is 19.1. The summed E-state index contributed by atoms with van der Waals surface area (Å²) in [6, 6.07) is 62.5. The number of fused-ring (bicyclic) bond motifs is 11. The summed E-state index contributed by atoms with van der Waals surface area (Å²) in [5.74, 6) is 1.34. The first-order chi connectivity index (χ1) is 26.5. The summed E-state index contributed by atoms with van der Waals surface area (Å²) < 4.78 is 4.92. The van der Waals surface area contributed by atoms with Gasteiger partial charge in [-0.15, -0.1) is 0 Å². The Bertz CT molecular complexity index is 3050. The lowest BCUT2D eigenvalue weighted by Crippen LogP contribution is -2.27. The van der Waals surface area contributed by atoms with Crippen LogP contribution in [-0.4, -0.2) is 15.0 Å². The summed E-state index contributed by atoms with van der Waals surface area (Å²) in [5, 5.41) is 10.2. The van der Waals surface area contributed by atoms with Crippen LogP contribution >= 0.6 is 0 Å². The molecule has 3 nitrogen and oxygen atoms in total. The van der Waals surface area contributed by atoms with Gasteiger partial charge in [-0.05, 0) is 87.0 Å². The Balaban J connectivity index is 1.16. The van der Waals surface area contributed by atoms with Crippen LogP contribution in [0, 0.1) is 5.41 Å². The van der Waals surface area contributed by atoms with E-state index < -0.39 is 0 Å². The van der Waals surface area contributed by atoms with Crippen molar-refractivity contribution in [2.24, 2.45) is 10.4 Å². The van der Waals surface area contributed by atoms with Crippen molar-refractivity contribution in [3.05, 3.63) is 181 Å². The summed E-state index contributed by atoms with van der Waals surface area (Å²) in [6.45, 7) is 4.86. The van der Waals surface area contributed by atoms with Crippen molar-refractivity contribution >= 4 is 76.7 Å². The highest BCUT2D eigenvalue weighted by atomic mass is 15.1. The molecule has 54 heavy (non-hydrogen) atoms. The third kappa shape index (κ3) is 4.58. The van der Waals surface area contributed by atoms with Crippen molar-refractivity contribution < 1.29 is 0 Å². The zero-order valence-electron chi connectivity index (χ0n) is 30.5. The summed E-state index contributed by atoms with van der Waals surface area (Å²) in [6.07, 6.45) is 1.88. The van der Waals surface area contributed by atoms with Gasteiger partial charge in [0.2, 0.25) is 0 Å². The van der Waals surface area contributed by atoms with Gasteiger partial charge in [-0.1, -0.05) is 141 Å². The number of benzene rings is 8. The fourth-order valence-electron chi connectivity index (χ4n) is 9.67. The number of hydrogen-bond donors (Lipinski definition) is 0. The lowest BCUT2D eigenvalue weighted by molar-refractivity contribution is 0.295. The van der Waals surface area contributed by atoms with Gasteiger partial charge < -0.3 is 4.57 Å². The molecule has 0 amide bonds. The Hall–Kier alpha value is -6.45. The summed E-state index contributed by atoms with van der Waals surface area (Å²) >= 11 is 0. The fraction of sp³-hybridized carbons (Fsp3) is 0.118. The van der Waals surface area contributed by atoms with E-state index in [0.29, 0.717) is 0 Å². The van der Waals surface area contributed by atoms with E-state index in [2.05, 4.69) is 193 Å². The van der Waals surface area contributed by atoms with Gasteiger partial charge in [0.25, 0.3) is 0 Å². The van der Waals surface area contributed by atoms with Gasteiger partial charge in [0.05, 0.1) is 27.8 Å². The standard InChI is InChI=1S/C51H39N3/c1-51(2)31-30-47(52-42-22-12-10-21-40(42)50(51)35-16-4-3-5-17-35)54-43-23-13-11-20-39(43)41-32-36(26-29-44(41)54)53-45-27-24-33-14-6-8-18-37(33)48(45)49-38-19-9-7-15-34(38)25-28-46(49)53/h3-29,32,50H,30-31H2,1-2H3. The van der Waals surface area contributed by atoms with E-state index >= 15 is 0 Å². The summed E-state index contributed by atoms with van der Waals surface area (Å²) in [4.78, 5) is 5.57. The molecule has 1 aliphatic rings. The van der Waals surface area contributed by atoms with Crippen LogP contribution in [0.4, 0.5) is 5.69 Å². The smallest absolute Gasteiger partial charge is 0.114 e. The topological polar surface area (TPSA) is 22.2 Å². The molecule has 1 unspecified atom stereocenters. The first-order valence-corrected chi connectivity index (χ1v) is 19.1. The van der Waals surface area contributed by atoms with Crippen molar-refractivity contribution in [3.8, 4) is 5.69 Å². The minimum atomic E-state index is 0.00938. The second kappa shape index (κ2) is 11.8. The number of aromatic nitrogens is 2. The highest BCUT2D eigenvalue weighted by Gasteiger charge is 2.35. The molecule has 3 heteroatoms. The van der Waals surface area contributed by atoms with Crippen molar-refractivity contribution in [2.75, 3.05) is 0 Å². The van der Waals surface area contributed by atoms with E-state index in [-0.39, 0.29) is 11.3 Å². The second-order valence-electron chi connectivity index (χ2n) is 15.7. The Labute approximate surface area is 314 Å². The Morgan fingerprint density at radius 2 is 1.07 bits per heavy atom. The maximum absolute atomic E-state index is 5.57. The second-order valence-corrected chi connectivity index (χ2v) is 15.7. The third-order valence-corrected chi connectivity index (χ3v) is 12.1. The van der Waals surface area contributed by atoms with E-state index in [1.54, 1.807) is 0 Å². The number of rotatable bonds is 2. The molecule has 0 bridgehead atoms. The largest absolute Gasteiger partial charge is 0.309 e. The zero-order chi connectivity index (χ0) is 36.0. The maximum Gasteiger partial charge on any atom is 0.114 e. The lowest BCUT2D eigenvalue weighted by Gasteiger charge is -2.37. The third-order valence-electron chi connectivity index (χ3n) is 12.1. The molecule has 3 heterocycles. The molecular formula is C51H39N3. The molecular weight excluding hydrogens is 655 g/mol. The Kier molecular flexibility index (Phi) is 6.79. The molecule has 0 saturated heterocycles. The molecule has 0 radical (unpaired) electrons. The normalized spacial score (nSPS) is 15.9. The number of aliphatic imine (C=N–C) groups is 1. The highest BCUT2D eigenvalue weighted by molar-refractivity contribution is 6.28. The van der Waals surface area contributed by atoms with Crippen LogP contribution in [0.1, 0.15) is 43.7 Å². The molecule has 1 aliphatic heterocycles.